The molecule has 0 saturated carbocycles. The summed E-state index contributed by atoms with van der Waals surface area (Å²) >= 11 is 1.75. The highest BCUT2D eigenvalue weighted by Gasteiger charge is 2.15. The van der Waals surface area contributed by atoms with Crippen molar-refractivity contribution in [1.82, 2.24) is 4.98 Å². The number of aromatic nitrogens is 1. The van der Waals surface area contributed by atoms with Crippen LogP contribution in [-0.4, -0.2) is 4.98 Å². The number of benzene rings is 1. The minimum atomic E-state index is 0.564. The number of aryl methyl sites for hydroxylation is 3. The third kappa shape index (κ3) is 2.74. The van der Waals surface area contributed by atoms with Gasteiger partial charge in [-0.2, -0.15) is 0 Å². The Hall–Kier alpha value is -1.32. The summed E-state index contributed by atoms with van der Waals surface area (Å²) in [6.45, 7) is 2.71. The second-order valence-corrected chi connectivity index (χ2v) is 6.37. The van der Waals surface area contributed by atoms with Crippen LogP contribution in [0.3, 0.4) is 0 Å². The van der Waals surface area contributed by atoms with Gasteiger partial charge < -0.3 is 5.73 Å². The molecule has 1 aliphatic carbocycles. The molecule has 1 heterocycles. The van der Waals surface area contributed by atoms with Gasteiger partial charge in [-0.3, -0.25) is 0 Å². The summed E-state index contributed by atoms with van der Waals surface area (Å²) < 4.78 is 0. The molecule has 20 heavy (non-hydrogen) atoms. The Bertz CT molecular complexity index is 622. The SMILES string of the molecule is Cc1ccccc1Sc1nc2c(cc1CN)CCCC2. The number of hydrogen-bond donors (Lipinski definition) is 1. The lowest BCUT2D eigenvalue weighted by molar-refractivity contribution is 0.656. The molecule has 3 heteroatoms. The Morgan fingerprint density at radius 2 is 2.00 bits per heavy atom. The van der Waals surface area contributed by atoms with Gasteiger partial charge in [0.25, 0.3) is 0 Å². The van der Waals surface area contributed by atoms with Crippen molar-refractivity contribution in [3.8, 4) is 0 Å². The minimum Gasteiger partial charge on any atom is -0.326 e. The van der Waals surface area contributed by atoms with Crippen LogP contribution in [0, 0.1) is 6.92 Å². The summed E-state index contributed by atoms with van der Waals surface area (Å²) in [6, 6.07) is 10.7. The van der Waals surface area contributed by atoms with Gasteiger partial charge >= 0.3 is 0 Å². The van der Waals surface area contributed by atoms with Gasteiger partial charge in [0.1, 0.15) is 5.03 Å². The van der Waals surface area contributed by atoms with E-state index in [1.54, 1.807) is 11.8 Å². The molecule has 104 valence electrons. The van der Waals surface area contributed by atoms with Crippen LogP contribution in [0.15, 0.2) is 40.3 Å². The zero-order chi connectivity index (χ0) is 13.9. The average Bonchev–Trinajstić information content (AvgIpc) is 2.49. The summed E-state index contributed by atoms with van der Waals surface area (Å²) in [4.78, 5) is 6.17. The molecule has 0 amide bonds. The fraction of sp³-hybridized carbons (Fsp3) is 0.353. The Morgan fingerprint density at radius 1 is 1.20 bits per heavy atom. The van der Waals surface area contributed by atoms with Crippen LogP contribution in [0.4, 0.5) is 0 Å². The van der Waals surface area contributed by atoms with Crippen LogP contribution in [0.1, 0.15) is 35.2 Å². The van der Waals surface area contributed by atoms with Gasteiger partial charge in [-0.15, -0.1) is 0 Å². The molecule has 0 spiro atoms. The van der Waals surface area contributed by atoms with E-state index in [-0.39, 0.29) is 0 Å². The highest BCUT2D eigenvalue weighted by Crippen LogP contribution is 2.33. The predicted octanol–water partition coefficient (Wildman–Crippen LogP) is 3.88. The molecule has 0 bridgehead atoms. The molecule has 1 aromatic carbocycles. The largest absolute Gasteiger partial charge is 0.326 e. The van der Waals surface area contributed by atoms with E-state index >= 15 is 0 Å². The van der Waals surface area contributed by atoms with Crippen LogP contribution in [0.25, 0.3) is 0 Å². The van der Waals surface area contributed by atoms with Gasteiger partial charge in [-0.05, 0) is 55.4 Å². The van der Waals surface area contributed by atoms with Crippen LogP contribution < -0.4 is 5.73 Å². The minimum absolute atomic E-state index is 0.564. The Balaban J connectivity index is 1.98. The normalized spacial score (nSPS) is 14.1. The fourth-order valence-electron chi connectivity index (χ4n) is 2.67. The predicted molar refractivity (Wildman–Crippen MR) is 84.1 cm³/mol. The molecule has 0 aliphatic heterocycles. The molecular formula is C17H20N2S. The molecule has 3 rings (SSSR count). The fourth-order valence-corrected chi connectivity index (χ4v) is 3.69. The maximum atomic E-state index is 5.92. The van der Waals surface area contributed by atoms with Gasteiger partial charge in [0.2, 0.25) is 0 Å². The van der Waals surface area contributed by atoms with E-state index in [9.17, 15) is 0 Å². The molecule has 0 atom stereocenters. The first-order valence-corrected chi connectivity index (χ1v) is 8.05. The number of nitrogens with two attached hydrogens (primary N) is 1. The van der Waals surface area contributed by atoms with Crippen molar-refractivity contribution in [2.75, 3.05) is 0 Å². The molecular weight excluding hydrogens is 264 g/mol. The molecule has 0 unspecified atom stereocenters. The first-order chi connectivity index (χ1) is 9.78. The average molecular weight is 284 g/mol. The maximum Gasteiger partial charge on any atom is 0.106 e. The molecule has 2 N–H and O–H groups in total. The zero-order valence-electron chi connectivity index (χ0n) is 11.9. The highest BCUT2D eigenvalue weighted by molar-refractivity contribution is 7.99. The van der Waals surface area contributed by atoms with Gasteiger partial charge in [-0.25, -0.2) is 4.98 Å². The lowest BCUT2D eigenvalue weighted by atomic mass is 9.95. The second-order valence-electron chi connectivity index (χ2n) is 5.34. The number of nitrogens with zero attached hydrogens (tertiary/aromatic N) is 1. The van der Waals surface area contributed by atoms with Gasteiger partial charge in [0.05, 0.1) is 0 Å². The summed E-state index contributed by atoms with van der Waals surface area (Å²) in [7, 11) is 0. The van der Waals surface area contributed by atoms with E-state index in [1.165, 1.54) is 40.1 Å². The maximum absolute atomic E-state index is 5.92. The quantitative estimate of drug-likeness (QED) is 0.929. The summed E-state index contributed by atoms with van der Waals surface area (Å²) in [5, 5.41) is 1.09. The van der Waals surface area contributed by atoms with Gasteiger partial charge in [0, 0.05) is 17.1 Å². The van der Waals surface area contributed by atoms with Crippen molar-refractivity contribution in [2.24, 2.45) is 5.73 Å². The summed E-state index contributed by atoms with van der Waals surface area (Å²) in [5.74, 6) is 0. The zero-order valence-corrected chi connectivity index (χ0v) is 12.7. The molecule has 1 aliphatic rings. The van der Waals surface area contributed by atoms with E-state index < -0.39 is 0 Å². The standard InChI is InChI=1S/C17H20N2S/c1-12-6-2-5-9-16(12)20-17-14(11-18)10-13-7-3-4-8-15(13)19-17/h2,5-6,9-10H,3-4,7-8,11,18H2,1H3. The van der Waals surface area contributed by atoms with Crippen molar-refractivity contribution >= 4 is 11.8 Å². The van der Waals surface area contributed by atoms with Gasteiger partial charge in [-0.1, -0.05) is 36.0 Å². The highest BCUT2D eigenvalue weighted by atomic mass is 32.2. The van der Waals surface area contributed by atoms with Crippen LogP contribution in [0.5, 0.6) is 0 Å². The monoisotopic (exact) mass is 284 g/mol. The third-order valence-electron chi connectivity index (χ3n) is 3.86. The van der Waals surface area contributed by atoms with E-state index in [1.807, 2.05) is 0 Å². The first-order valence-electron chi connectivity index (χ1n) is 7.23. The van der Waals surface area contributed by atoms with Crippen LogP contribution >= 0.6 is 11.8 Å². The van der Waals surface area contributed by atoms with Crippen molar-refractivity contribution in [2.45, 2.75) is 49.1 Å². The first kappa shape index (κ1) is 13.7. The summed E-state index contributed by atoms with van der Waals surface area (Å²) in [6.07, 6.45) is 4.81. The van der Waals surface area contributed by atoms with Gasteiger partial charge in [0.15, 0.2) is 0 Å². The Labute approximate surface area is 124 Å². The number of hydrogen-bond acceptors (Lipinski definition) is 3. The topological polar surface area (TPSA) is 38.9 Å². The smallest absolute Gasteiger partial charge is 0.106 e. The lowest BCUT2D eigenvalue weighted by Gasteiger charge is -2.18. The summed E-state index contributed by atoms with van der Waals surface area (Å²) in [5.41, 5.74) is 11.1. The lowest BCUT2D eigenvalue weighted by Crippen LogP contribution is -2.10. The van der Waals surface area contributed by atoms with Crippen molar-refractivity contribution in [3.63, 3.8) is 0 Å². The molecule has 0 radical (unpaired) electrons. The van der Waals surface area contributed by atoms with E-state index in [0.717, 1.165) is 17.9 Å². The Morgan fingerprint density at radius 3 is 2.80 bits per heavy atom. The molecule has 0 saturated heterocycles. The number of fused-ring (bicyclic) bond motifs is 1. The molecule has 2 aromatic rings. The molecule has 1 aromatic heterocycles. The van der Waals surface area contributed by atoms with Crippen molar-refractivity contribution < 1.29 is 0 Å². The van der Waals surface area contributed by atoms with E-state index in [4.69, 9.17) is 10.7 Å². The Kier molecular flexibility index (Phi) is 4.08. The third-order valence-corrected chi connectivity index (χ3v) is 5.08. The van der Waals surface area contributed by atoms with Crippen molar-refractivity contribution in [1.29, 1.82) is 0 Å². The number of rotatable bonds is 3. The van der Waals surface area contributed by atoms with Crippen LogP contribution in [0.2, 0.25) is 0 Å². The van der Waals surface area contributed by atoms with E-state index in [2.05, 4.69) is 37.3 Å². The van der Waals surface area contributed by atoms with Crippen LogP contribution in [-0.2, 0) is 19.4 Å². The van der Waals surface area contributed by atoms with Crippen molar-refractivity contribution in [3.05, 3.63) is 52.7 Å². The van der Waals surface area contributed by atoms with E-state index in [0.29, 0.717) is 6.54 Å². The molecule has 0 fully saturated rings. The molecule has 2 nitrogen and oxygen atoms in total. The number of pyridine rings is 1. The second kappa shape index (κ2) is 5.98.